The molecule has 0 aliphatic rings. The number of benzene rings is 1. The van der Waals surface area contributed by atoms with E-state index in [1.54, 1.807) is 18.0 Å². The first kappa shape index (κ1) is 14.4. The number of aromatic nitrogens is 2. The molecular formula is C13H15BrClN3O. The van der Waals surface area contributed by atoms with E-state index in [4.69, 9.17) is 16.3 Å². The highest BCUT2D eigenvalue weighted by Crippen LogP contribution is 2.34. The first-order valence-corrected chi connectivity index (χ1v) is 6.93. The standard InChI is InChI=1S/C13H15BrClN3O/c1-16-12(9-6-8(14)4-5-10(9)15)13-11(19-3)7-17-18(13)2/h4-7,12,16H,1-3H3. The van der Waals surface area contributed by atoms with Crippen molar-refractivity contribution >= 4 is 27.5 Å². The molecule has 0 aliphatic carbocycles. The minimum absolute atomic E-state index is 0.0903. The van der Waals surface area contributed by atoms with Crippen LogP contribution >= 0.6 is 27.5 Å². The normalized spacial score (nSPS) is 12.5. The van der Waals surface area contributed by atoms with Crippen LogP contribution in [0.25, 0.3) is 0 Å². The molecule has 4 nitrogen and oxygen atoms in total. The zero-order valence-electron chi connectivity index (χ0n) is 10.9. The summed E-state index contributed by atoms with van der Waals surface area (Å²) in [6, 6.07) is 5.69. The van der Waals surface area contributed by atoms with Crippen molar-refractivity contribution in [1.29, 1.82) is 0 Å². The molecule has 0 aliphatic heterocycles. The van der Waals surface area contributed by atoms with E-state index < -0.39 is 0 Å². The maximum atomic E-state index is 6.30. The Morgan fingerprint density at radius 3 is 2.84 bits per heavy atom. The van der Waals surface area contributed by atoms with Crippen LogP contribution in [0.15, 0.2) is 28.9 Å². The molecule has 0 radical (unpaired) electrons. The minimum atomic E-state index is -0.0903. The van der Waals surface area contributed by atoms with Crippen LogP contribution < -0.4 is 10.1 Å². The molecule has 102 valence electrons. The van der Waals surface area contributed by atoms with Crippen LogP contribution in [-0.4, -0.2) is 23.9 Å². The largest absolute Gasteiger partial charge is 0.493 e. The number of halogens is 2. The van der Waals surface area contributed by atoms with E-state index in [1.165, 1.54) is 0 Å². The van der Waals surface area contributed by atoms with E-state index in [-0.39, 0.29) is 6.04 Å². The molecule has 1 atom stereocenters. The Balaban J connectivity index is 2.56. The Morgan fingerprint density at radius 1 is 1.47 bits per heavy atom. The summed E-state index contributed by atoms with van der Waals surface area (Å²) < 4.78 is 8.13. The molecule has 6 heteroatoms. The Hall–Kier alpha value is -1.04. The number of nitrogens with zero attached hydrogens (tertiary/aromatic N) is 2. The first-order chi connectivity index (χ1) is 9.08. The lowest BCUT2D eigenvalue weighted by Crippen LogP contribution is -2.21. The van der Waals surface area contributed by atoms with Crippen LogP contribution in [0.2, 0.25) is 5.02 Å². The predicted molar refractivity (Wildman–Crippen MR) is 79.8 cm³/mol. The van der Waals surface area contributed by atoms with Gasteiger partial charge in [0.25, 0.3) is 0 Å². The number of methoxy groups -OCH3 is 1. The fourth-order valence-electron chi connectivity index (χ4n) is 2.09. The van der Waals surface area contributed by atoms with Crippen molar-refractivity contribution in [3.63, 3.8) is 0 Å². The Kier molecular flexibility index (Phi) is 4.50. The summed E-state index contributed by atoms with van der Waals surface area (Å²) in [5.74, 6) is 0.734. The van der Waals surface area contributed by atoms with E-state index in [9.17, 15) is 0 Å². The van der Waals surface area contributed by atoms with Crippen LogP contribution in [0, 0.1) is 0 Å². The van der Waals surface area contributed by atoms with Gasteiger partial charge in [-0.25, -0.2) is 0 Å². The van der Waals surface area contributed by atoms with E-state index in [0.717, 1.165) is 21.5 Å². The van der Waals surface area contributed by atoms with Gasteiger partial charge in [0.2, 0.25) is 0 Å². The summed E-state index contributed by atoms with van der Waals surface area (Å²) in [4.78, 5) is 0. The second-order valence-corrected chi connectivity index (χ2v) is 5.43. The second kappa shape index (κ2) is 5.94. The summed E-state index contributed by atoms with van der Waals surface area (Å²) in [6.07, 6.45) is 1.70. The lowest BCUT2D eigenvalue weighted by atomic mass is 10.0. The van der Waals surface area contributed by atoms with Crippen molar-refractivity contribution in [2.75, 3.05) is 14.2 Å². The quantitative estimate of drug-likeness (QED) is 0.926. The van der Waals surface area contributed by atoms with Crippen LogP contribution in [0.4, 0.5) is 0 Å². The van der Waals surface area contributed by atoms with Crippen LogP contribution in [0.1, 0.15) is 17.3 Å². The third-order valence-corrected chi connectivity index (χ3v) is 3.84. The third-order valence-electron chi connectivity index (χ3n) is 3.00. The van der Waals surface area contributed by atoms with Gasteiger partial charge in [-0.3, -0.25) is 4.68 Å². The molecule has 2 aromatic rings. The molecule has 0 fully saturated rings. The average Bonchev–Trinajstić information content (AvgIpc) is 2.76. The van der Waals surface area contributed by atoms with Gasteiger partial charge in [0.15, 0.2) is 5.75 Å². The molecule has 0 saturated carbocycles. The smallest absolute Gasteiger partial charge is 0.161 e. The molecule has 1 unspecified atom stereocenters. The Morgan fingerprint density at radius 2 is 2.21 bits per heavy atom. The van der Waals surface area contributed by atoms with Gasteiger partial charge in [-0.05, 0) is 30.8 Å². The highest BCUT2D eigenvalue weighted by Gasteiger charge is 2.23. The molecule has 1 heterocycles. The van der Waals surface area contributed by atoms with Gasteiger partial charge in [-0.2, -0.15) is 5.10 Å². The molecule has 0 spiro atoms. The number of nitrogens with one attached hydrogen (secondary N) is 1. The zero-order chi connectivity index (χ0) is 14.0. The maximum Gasteiger partial charge on any atom is 0.161 e. The van der Waals surface area contributed by atoms with E-state index in [0.29, 0.717) is 5.02 Å². The van der Waals surface area contributed by atoms with Crippen molar-refractivity contribution in [3.8, 4) is 5.75 Å². The monoisotopic (exact) mass is 343 g/mol. The fraction of sp³-hybridized carbons (Fsp3) is 0.308. The van der Waals surface area contributed by atoms with Gasteiger partial charge in [0.1, 0.15) is 5.69 Å². The summed E-state index contributed by atoms with van der Waals surface area (Å²) in [7, 11) is 5.40. The summed E-state index contributed by atoms with van der Waals surface area (Å²) in [6.45, 7) is 0. The van der Waals surface area contributed by atoms with Crippen molar-refractivity contribution in [1.82, 2.24) is 15.1 Å². The first-order valence-electron chi connectivity index (χ1n) is 5.76. The van der Waals surface area contributed by atoms with E-state index in [1.807, 2.05) is 32.3 Å². The summed E-state index contributed by atoms with van der Waals surface area (Å²) in [5.41, 5.74) is 1.91. The second-order valence-electron chi connectivity index (χ2n) is 4.11. The fourth-order valence-corrected chi connectivity index (χ4v) is 2.69. The van der Waals surface area contributed by atoms with Gasteiger partial charge < -0.3 is 10.1 Å². The predicted octanol–water partition coefficient (Wildman–Crippen LogP) is 3.15. The van der Waals surface area contributed by atoms with Crippen molar-refractivity contribution in [3.05, 3.63) is 45.1 Å². The SMILES string of the molecule is CNC(c1cc(Br)ccc1Cl)c1c(OC)cnn1C. The molecule has 1 N–H and O–H groups in total. The van der Waals surface area contributed by atoms with Crippen molar-refractivity contribution < 1.29 is 4.74 Å². The van der Waals surface area contributed by atoms with E-state index >= 15 is 0 Å². The summed E-state index contributed by atoms with van der Waals surface area (Å²) in [5, 5.41) is 8.19. The average molecular weight is 345 g/mol. The molecular weight excluding hydrogens is 330 g/mol. The number of hydrogen-bond acceptors (Lipinski definition) is 3. The molecule has 1 aromatic carbocycles. The summed E-state index contributed by atoms with van der Waals surface area (Å²) >= 11 is 9.77. The van der Waals surface area contributed by atoms with Gasteiger partial charge in [0, 0.05) is 16.5 Å². The topological polar surface area (TPSA) is 39.1 Å². The van der Waals surface area contributed by atoms with Gasteiger partial charge >= 0.3 is 0 Å². The number of rotatable bonds is 4. The molecule has 1 aromatic heterocycles. The van der Waals surface area contributed by atoms with Crippen LogP contribution in [0.3, 0.4) is 0 Å². The van der Waals surface area contributed by atoms with Crippen molar-refractivity contribution in [2.24, 2.45) is 7.05 Å². The third kappa shape index (κ3) is 2.78. The number of ether oxygens (including phenoxy) is 1. The number of aryl methyl sites for hydroxylation is 1. The Labute approximate surface area is 125 Å². The van der Waals surface area contributed by atoms with Gasteiger partial charge in [0.05, 0.1) is 19.3 Å². The minimum Gasteiger partial charge on any atom is -0.493 e. The van der Waals surface area contributed by atoms with Crippen LogP contribution in [-0.2, 0) is 7.05 Å². The molecule has 0 bridgehead atoms. The molecule has 0 amide bonds. The highest BCUT2D eigenvalue weighted by molar-refractivity contribution is 9.10. The molecule has 19 heavy (non-hydrogen) atoms. The zero-order valence-corrected chi connectivity index (χ0v) is 13.3. The molecule has 0 saturated heterocycles. The highest BCUT2D eigenvalue weighted by atomic mass is 79.9. The Bertz CT molecular complexity index is 585. The van der Waals surface area contributed by atoms with Gasteiger partial charge in [-0.1, -0.05) is 27.5 Å². The van der Waals surface area contributed by atoms with E-state index in [2.05, 4.69) is 26.3 Å². The number of hydrogen-bond donors (Lipinski definition) is 1. The van der Waals surface area contributed by atoms with Crippen molar-refractivity contribution in [2.45, 2.75) is 6.04 Å². The van der Waals surface area contributed by atoms with Gasteiger partial charge in [-0.15, -0.1) is 0 Å². The maximum absolute atomic E-state index is 6.30. The van der Waals surface area contributed by atoms with Crippen LogP contribution in [0.5, 0.6) is 5.75 Å². The lowest BCUT2D eigenvalue weighted by Gasteiger charge is -2.20. The lowest BCUT2D eigenvalue weighted by molar-refractivity contribution is 0.402. The molecule has 2 rings (SSSR count).